The third kappa shape index (κ3) is 47.7. The Morgan fingerprint density at radius 3 is 0.852 bits per heavy atom. The lowest BCUT2D eigenvalue weighted by Gasteiger charge is -2.18. The molecule has 0 aromatic rings. The number of hydrogen-bond acceptors (Lipinski definition) is 6. The Hall–Kier alpha value is -1.59. The van der Waals surface area contributed by atoms with E-state index in [4.69, 9.17) is 14.2 Å². The van der Waals surface area contributed by atoms with Crippen molar-refractivity contribution in [3.63, 3.8) is 0 Å². The molecule has 2 atom stereocenters. The highest BCUT2D eigenvalue weighted by Gasteiger charge is 2.19. The molecule has 0 fully saturated rings. The Labute approximate surface area is 380 Å². The fraction of sp³-hybridized carbons (Fsp3) is 0.945. The Bertz CT molecular complexity index is 947. The van der Waals surface area contributed by atoms with Gasteiger partial charge in [0.2, 0.25) is 0 Å². The van der Waals surface area contributed by atoms with Gasteiger partial charge in [-0.2, -0.15) is 0 Å². The highest BCUT2D eigenvalue weighted by atomic mass is 16.6. The first-order valence-electron chi connectivity index (χ1n) is 27.1. The molecule has 1 unspecified atom stereocenters. The smallest absolute Gasteiger partial charge is 0.306 e. The van der Waals surface area contributed by atoms with Crippen LogP contribution < -0.4 is 0 Å². The van der Waals surface area contributed by atoms with Crippen molar-refractivity contribution in [2.75, 3.05) is 13.2 Å². The Morgan fingerprint density at radius 2 is 0.574 bits per heavy atom. The summed E-state index contributed by atoms with van der Waals surface area (Å²) in [5.41, 5.74) is 0. The Balaban J connectivity index is 4.26. The van der Waals surface area contributed by atoms with Crippen molar-refractivity contribution >= 4 is 17.9 Å². The monoisotopic (exact) mass is 863 g/mol. The predicted molar refractivity (Wildman–Crippen MR) is 261 cm³/mol. The average Bonchev–Trinajstić information content (AvgIpc) is 3.23. The summed E-state index contributed by atoms with van der Waals surface area (Å²) in [7, 11) is 0. The van der Waals surface area contributed by atoms with Crippen LogP contribution in [0.15, 0.2) is 0 Å². The van der Waals surface area contributed by atoms with E-state index in [9.17, 15) is 14.4 Å². The van der Waals surface area contributed by atoms with E-state index in [-0.39, 0.29) is 31.1 Å². The fourth-order valence-corrected chi connectivity index (χ4v) is 8.26. The number of carbonyl (C=O) groups is 3. The molecule has 0 rings (SSSR count). The fourth-order valence-electron chi connectivity index (χ4n) is 8.26. The minimum atomic E-state index is -0.763. The molecule has 0 N–H and O–H groups in total. The van der Waals surface area contributed by atoms with E-state index in [0.29, 0.717) is 19.3 Å². The quantitative estimate of drug-likeness (QED) is 0.0344. The lowest BCUT2D eigenvalue weighted by molar-refractivity contribution is -0.167. The normalized spacial score (nSPS) is 12.6. The van der Waals surface area contributed by atoms with Crippen LogP contribution in [0.2, 0.25) is 0 Å². The van der Waals surface area contributed by atoms with Crippen LogP contribution in [0, 0.1) is 17.8 Å². The summed E-state index contributed by atoms with van der Waals surface area (Å²) < 4.78 is 16.8. The zero-order valence-corrected chi connectivity index (χ0v) is 42.0. The molecule has 0 aliphatic carbocycles. The molecule has 0 bridgehead atoms. The molecule has 0 amide bonds. The van der Waals surface area contributed by atoms with Gasteiger partial charge < -0.3 is 14.2 Å². The van der Waals surface area contributed by atoms with Crippen molar-refractivity contribution in [3.8, 4) is 0 Å². The molecule has 0 aromatic carbocycles. The molecular formula is C55H106O6. The van der Waals surface area contributed by atoms with Gasteiger partial charge in [0, 0.05) is 19.3 Å². The highest BCUT2D eigenvalue weighted by Crippen LogP contribution is 2.18. The summed E-state index contributed by atoms with van der Waals surface area (Å²) >= 11 is 0. The molecule has 0 aromatic heterocycles. The zero-order valence-electron chi connectivity index (χ0n) is 42.0. The number of ether oxygens (including phenoxy) is 3. The first-order valence-corrected chi connectivity index (χ1v) is 27.1. The van der Waals surface area contributed by atoms with Crippen LogP contribution in [0.4, 0.5) is 0 Å². The van der Waals surface area contributed by atoms with Gasteiger partial charge in [-0.15, -0.1) is 0 Å². The SMILES string of the molecule is CCC(C)CCCCCCCCCCC(=O)O[C@@H](COC(=O)CCCCCCCCCCCCCCCCCCC(C)C)COC(=O)CCCCCCCCCCCC(C)C. The van der Waals surface area contributed by atoms with Crippen LogP contribution in [-0.4, -0.2) is 37.2 Å². The maximum absolute atomic E-state index is 12.8. The van der Waals surface area contributed by atoms with Crippen LogP contribution in [0.5, 0.6) is 0 Å². The van der Waals surface area contributed by atoms with Crippen LogP contribution in [0.3, 0.4) is 0 Å². The van der Waals surface area contributed by atoms with Crippen LogP contribution in [0.25, 0.3) is 0 Å². The molecule has 61 heavy (non-hydrogen) atoms. The van der Waals surface area contributed by atoms with Gasteiger partial charge in [-0.25, -0.2) is 0 Å². The average molecular weight is 863 g/mol. The second-order valence-electron chi connectivity index (χ2n) is 20.1. The topological polar surface area (TPSA) is 78.9 Å². The number of hydrogen-bond donors (Lipinski definition) is 0. The van der Waals surface area contributed by atoms with E-state index >= 15 is 0 Å². The van der Waals surface area contributed by atoms with Crippen LogP contribution in [0.1, 0.15) is 298 Å². The van der Waals surface area contributed by atoms with Gasteiger partial charge in [0.15, 0.2) is 6.10 Å². The zero-order chi connectivity index (χ0) is 44.9. The number of carbonyl (C=O) groups excluding carboxylic acids is 3. The molecule has 0 aliphatic heterocycles. The maximum atomic E-state index is 12.8. The number of rotatable bonds is 48. The minimum Gasteiger partial charge on any atom is -0.462 e. The highest BCUT2D eigenvalue weighted by molar-refractivity contribution is 5.71. The summed E-state index contributed by atoms with van der Waals surface area (Å²) in [6.07, 6.45) is 46.6. The third-order valence-electron chi connectivity index (χ3n) is 12.8. The van der Waals surface area contributed by atoms with E-state index in [2.05, 4.69) is 41.5 Å². The van der Waals surface area contributed by atoms with Gasteiger partial charge in [-0.05, 0) is 37.0 Å². The first-order chi connectivity index (χ1) is 29.6. The summed E-state index contributed by atoms with van der Waals surface area (Å²) in [4.78, 5) is 38.0. The summed E-state index contributed by atoms with van der Waals surface area (Å²) in [6.45, 7) is 13.7. The van der Waals surface area contributed by atoms with Crippen LogP contribution >= 0.6 is 0 Å². The predicted octanol–water partition coefficient (Wildman–Crippen LogP) is 17.6. The van der Waals surface area contributed by atoms with Crippen LogP contribution in [-0.2, 0) is 28.6 Å². The summed E-state index contributed by atoms with van der Waals surface area (Å²) in [6, 6.07) is 0. The van der Waals surface area contributed by atoms with Crippen molar-refractivity contribution in [2.45, 2.75) is 304 Å². The molecule has 6 heteroatoms. The van der Waals surface area contributed by atoms with Crippen molar-refractivity contribution in [1.82, 2.24) is 0 Å². The number of unbranched alkanes of at least 4 members (excludes halogenated alkanes) is 30. The second kappa shape index (κ2) is 46.4. The number of esters is 3. The largest absolute Gasteiger partial charge is 0.462 e. The molecule has 362 valence electrons. The van der Waals surface area contributed by atoms with E-state index in [1.807, 2.05) is 0 Å². The van der Waals surface area contributed by atoms with Gasteiger partial charge in [0.25, 0.3) is 0 Å². The minimum absolute atomic E-state index is 0.0647. The molecule has 0 heterocycles. The van der Waals surface area contributed by atoms with Crippen molar-refractivity contribution < 1.29 is 28.6 Å². The van der Waals surface area contributed by atoms with E-state index < -0.39 is 6.10 Å². The molecule has 6 nitrogen and oxygen atoms in total. The van der Waals surface area contributed by atoms with Crippen molar-refractivity contribution in [1.29, 1.82) is 0 Å². The molecule has 0 spiro atoms. The molecule has 0 saturated carbocycles. The van der Waals surface area contributed by atoms with Gasteiger partial charge in [0.05, 0.1) is 0 Å². The van der Waals surface area contributed by atoms with E-state index in [1.165, 1.54) is 180 Å². The molecular weight excluding hydrogens is 757 g/mol. The Kier molecular flexibility index (Phi) is 45.2. The first kappa shape index (κ1) is 59.4. The lowest BCUT2D eigenvalue weighted by atomic mass is 9.99. The van der Waals surface area contributed by atoms with Gasteiger partial charge in [-0.1, -0.05) is 260 Å². The summed E-state index contributed by atoms with van der Waals surface area (Å²) in [5.74, 6) is 1.65. The van der Waals surface area contributed by atoms with Gasteiger partial charge in [-0.3, -0.25) is 14.4 Å². The second-order valence-corrected chi connectivity index (χ2v) is 20.1. The van der Waals surface area contributed by atoms with Gasteiger partial charge >= 0.3 is 17.9 Å². The van der Waals surface area contributed by atoms with Crippen molar-refractivity contribution in [3.05, 3.63) is 0 Å². The Morgan fingerprint density at radius 1 is 0.328 bits per heavy atom. The molecule has 0 aliphatic rings. The standard InChI is InChI=1S/C55H106O6/c1-7-51(6)43-37-31-25-21-22-28-34-40-46-55(58)61-52(48-60-54(57)45-39-33-27-20-16-18-24-30-36-42-50(4)5)47-59-53(56)44-38-32-26-19-15-13-11-9-8-10-12-14-17-23-29-35-41-49(2)3/h49-52H,7-48H2,1-6H3/t51?,52-/m0/s1. The summed E-state index contributed by atoms with van der Waals surface area (Å²) in [5, 5.41) is 0. The maximum Gasteiger partial charge on any atom is 0.306 e. The molecule has 0 saturated heterocycles. The van der Waals surface area contributed by atoms with E-state index in [0.717, 1.165) is 75.5 Å². The van der Waals surface area contributed by atoms with Gasteiger partial charge in [0.1, 0.15) is 13.2 Å². The molecule has 0 radical (unpaired) electrons. The van der Waals surface area contributed by atoms with E-state index in [1.54, 1.807) is 0 Å². The van der Waals surface area contributed by atoms with Crippen molar-refractivity contribution in [2.24, 2.45) is 17.8 Å². The third-order valence-corrected chi connectivity index (χ3v) is 12.8. The lowest BCUT2D eigenvalue weighted by Crippen LogP contribution is -2.30.